The number of nitrogens with one attached hydrogen (secondary N) is 1. The molecule has 0 spiro atoms. The molecule has 1 amide bonds. The summed E-state index contributed by atoms with van der Waals surface area (Å²) in [5.74, 6) is 0.160. The number of hydrogen-bond donors (Lipinski definition) is 1. The van der Waals surface area contributed by atoms with Crippen LogP contribution in [0.1, 0.15) is 11.5 Å². The van der Waals surface area contributed by atoms with Gasteiger partial charge in [0, 0.05) is 38.8 Å². The number of rotatable bonds is 5. The monoisotopic (exact) mass is 320 g/mol. The second-order valence-corrected chi connectivity index (χ2v) is 5.37. The number of halogens is 3. The molecule has 0 aliphatic carbocycles. The van der Waals surface area contributed by atoms with Crippen LogP contribution >= 0.6 is 0 Å². The van der Waals surface area contributed by atoms with E-state index in [1.807, 2.05) is 23.2 Å². The van der Waals surface area contributed by atoms with Crippen molar-refractivity contribution in [3.05, 3.63) is 17.5 Å². The van der Waals surface area contributed by atoms with Crippen LogP contribution in [-0.2, 0) is 11.3 Å². The smallest absolute Gasteiger partial charge is 0.361 e. The van der Waals surface area contributed by atoms with E-state index in [0.29, 0.717) is 19.6 Å². The maximum atomic E-state index is 12.0. The predicted molar refractivity (Wildman–Crippen MR) is 72.0 cm³/mol. The first-order chi connectivity index (χ1) is 10.3. The summed E-state index contributed by atoms with van der Waals surface area (Å²) in [7, 11) is 0. The number of hydrogen-bond acceptors (Lipinski definition) is 5. The van der Waals surface area contributed by atoms with Gasteiger partial charge in [0.2, 0.25) is 5.91 Å². The lowest BCUT2D eigenvalue weighted by Gasteiger charge is -2.33. The Balaban J connectivity index is 1.67. The minimum atomic E-state index is -4.37. The van der Waals surface area contributed by atoms with Crippen LogP contribution in [0.5, 0.6) is 0 Å². The lowest BCUT2D eigenvalue weighted by molar-refractivity contribution is -0.139. The van der Waals surface area contributed by atoms with Crippen molar-refractivity contribution in [2.24, 2.45) is 0 Å². The second kappa shape index (κ2) is 7.10. The third-order valence-electron chi connectivity index (χ3n) is 3.38. The van der Waals surface area contributed by atoms with Crippen LogP contribution in [0.4, 0.5) is 13.2 Å². The molecular formula is C13H19F3N4O2. The Morgan fingerprint density at radius 3 is 2.50 bits per heavy atom. The van der Waals surface area contributed by atoms with E-state index in [9.17, 15) is 18.0 Å². The molecule has 124 valence electrons. The molecule has 1 fully saturated rings. The van der Waals surface area contributed by atoms with E-state index >= 15 is 0 Å². The van der Waals surface area contributed by atoms with Gasteiger partial charge in [-0.05, 0) is 6.92 Å². The molecule has 1 aromatic rings. The highest BCUT2D eigenvalue weighted by Gasteiger charge is 2.28. The van der Waals surface area contributed by atoms with E-state index in [4.69, 9.17) is 4.52 Å². The molecule has 0 bridgehead atoms. The van der Waals surface area contributed by atoms with Gasteiger partial charge in [-0.25, -0.2) is 0 Å². The quantitative estimate of drug-likeness (QED) is 0.869. The zero-order valence-electron chi connectivity index (χ0n) is 12.3. The predicted octanol–water partition coefficient (Wildman–Crippen LogP) is 0.779. The van der Waals surface area contributed by atoms with Crippen molar-refractivity contribution in [2.75, 3.05) is 39.3 Å². The molecule has 0 unspecified atom stereocenters. The highest BCUT2D eigenvalue weighted by molar-refractivity contribution is 5.78. The van der Waals surface area contributed by atoms with Crippen LogP contribution < -0.4 is 5.32 Å². The van der Waals surface area contributed by atoms with Crippen LogP contribution in [0.25, 0.3) is 0 Å². The van der Waals surface area contributed by atoms with Crippen LogP contribution in [0.3, 0.4) is 0 Å². The van der Waals surface area contributed by atoms with Gasteiger partial charge in [-0.2, -0.15) is 13.2 Å². The minimum Gasteiger partial charge on any atom is -0.361 e. The minimum absolute atomic E-state index is 0.00696. The van der Waals surface area contributed by atoms with Gasteiger partial charge < -0.3 is 9.84 Å². The fraction of sp³-hybridized carbons (Fsp3) is 0.692. The van der Waals surface area contributed by atoms with Crippen molar-refractivity contribution < 1.29 is 22.5 Å². The van der Waals surface area contributed by atoms with E-state index < -0.39 is 18.6 Å². The van der Waals surface area contributed by atoms with Gasteiger partial charge in [-0.3, -0.25) is 14.6 Å². The standard InChI is InChI=1S/C13H19F3N4O2/c1-10-6-11(18-22-10)7-19-2-4-20(5-3-19)8-12(21)17-9-13(14,15)16/h6H,2-5,7-9H2,1H3,(H,17,21). The molecule has 1 N–H and O–H groups in total. The largest absolute Gasteiger partial charge is 0.405 e. The number of aromatic nitrogens is 1. The Labute approximate surface area is 126 Å². The van der Waals surface area contributed by atoms with Crippen LogP contribution in [-0.4, -0.2) is 66.3 Å². The normalized spacial score (nSPS) is 17.6. The summed E-state index contributed by atoms with van der Waals surface area (Å²) in [6.07, 6.45) is -4.37. The van der Waals surface area contributed by atoms with Crippen molar-refractivity contribution >= 4 is 5.91 Å². The number of piperazine rings is 1. The molecule has 2 heterocycles. The lowest BCUT2D eigenvalue weighted by atomic mass is 10.2. The average molecular weight is 320 g/mol. The Kier molecular flexibility index (Phi) is 5.41. The first-order valence-electron chi connectivity index (χ1n) is 7.02. The average Bonchev–Trinajstić information content (AvgIpc) is 2.83. The van der Waals surface area contributed by atoms with Crippen molar-refractivity contribution in [1.29, 1.82) is 0 Å². The zero-order valence-corrected chi connectivity index (χ0v) is 12.3. The summed E-state index contributed by atoms with van der Waals surface area (Å²) in [4.78, 5) is 15.5. The summed E-state index contributed by atoms with van der Waals surface area (Å²) in [6.45, 7) is 3.95. The third kappa shape index (κ3) is 5.64. The van der Waals surface area contributed by atoms with Crippen LogP contribution in [0.2, 0.25) is 0 Å². The second-order valence-electron chi connectivity index (χ2n) is 5.37. The highest BCUT2D eigenvalue weighted by Crippen LogP contribution is 2.12. The number of carbonyl (C=O) groups excluding carboxylic acids is 1. The number of nitrogens with zero attached hydrogens (tertiary/aromatic N) is 3. The third-order valence-corrected chi connectivity index (χ3v) is 3.38. The van der Waals surface area contributed by atoms with E-state index in [0.717, 1.165) is 24.5 Å². The molecule has 0 saturated carbocycles. The molecular weight excluding hydrogens is 301 g/mol. The van der Waals surface area contributed by atoms with Crippen molar-refractivity contribution in [2.45, 2.75) is 19.6 Å². The maximum Gasteiger partial charge on any atom is 0.405 e. The fourth-order valence-electron chi connectivity index (χ4n) is 2.28. The molecule has 9 heteroatoms. The van der Waals surface area contributed by atoms with Crippen molar-refractivity contribution in [1.82, 2.24) is 20.3 Å². The summed E-state index contributed by atoms with van der Waals surface area (Å²) in [5, 5.41) is 5.81. The number of carbonyl (C=O) groups is 1. The molecule has 0 radical (unpaired) electrons. The summed E-state index contributed by atoms with van der Waals surface area (Å²) >= 11 is 0. The molecule has 0 atom stereocenters. The molecule has 0 aromatic carbocycles. The molecule has 1 aliphatic heterocycles. The maximum absolute atomic E-state index is 12.0. The van der Waals surface area contributed by atoms with E-state index in [1.54, 1.807) is 0 Å². The Morgan fingerprint density at radius 1 is 1.32 bits per heavy atom. The molecule has 1 aromatic heterocycles. The highest BCUT2D eigenvalue weighted by atomic mass is 19.4. The van der Waals surface area contributed by atoms with Crippen LogP contribution in [0, 0.1) is 6.92 Å². The van der Waals surface area contributed by atoms with Gasteiger partial charge in [-0.15, -0.1) is 0 Å². The lowest BCUT2D eigenvalue weighted by Crippen LogP contribution is -2.49. The Bertz CT molecular complexity index is 496. The Hall–Kier alpha value is -1.61. The Morgan fingerprint density at radius 2 is 1.95 bits per heavy atom. The summed E-state index contributed by atoms with van der Waals surface area (Å²) < 4.78 is 41.0. The van der Waals surface area contributed by atoms with Gasteiger partial charge in [0.25, 0.3) is 0 Å². The number of amides is 1. The van der Waals surface area contributed by atoms with Gasteiger partial charge in [0.1, 0.15) is 12.3 Å². The topological polar surface area (TPSA) is 61.6 Å². The van der Waals surface area contributed by atoms with Crippen molar-refractivity contribution in [3.63, 3.8) is 0 Å². The molecule has 6 nitrogen and oxygen atoms in total. The first-order valence-corrected chi connectivity index (χ1v) is 7.02. The molecule has 1 saturated heterocycles. The van der Waals surface area contributed by atoms with Gasteiger partial charge in [-0.1, -0.05) is 5.16 Å². The molecule has 1 aliphatic rings. The summed E-state index contributed by atoms with van der Waals surface area (Å²) in [6, 6.07) is 1.87. The fourth-order valence-corrected chi connectivity index (χ4v) is 2.28. The van der Waals surface area contributed by atoms with Crippen LogP contribution in [0.15, 0.2) is 10.6 Å². The van der Waals surface area contributed by atoms with Gasteiger partial charge in [0.15, 0.2) is 0 Å². The zero-order chi connectivity index (χ0) is 16.2. The summed E-state index contributed by atoms with van der Waals surface area (Å²) in [5.41, 5.74) is 0.855. The van der Waals surface area contributed by atoms with E-state index in [-0.39, 0.29) is 6.54 Å². The number of alkyl halides is 3. The molecule has 2 rings (SSSR count). The van der Waals surface area contributed by atoms with Gasteiger partial charge in [0.05, 0.1) is 12.2 Å². The van der Waals surface area contributed by atoms with Gasteiger partial charge >= 0.3 is 6.18 Å². The SMILES string of the molecule is Cc1cc(CN2CCN(CC(=O)NCC(F)(F)F)CC2)no1. The van der Waals surface area contributed by atoms with Crippen molar-refractivity contribution in [3.8, 4) is 0 Å². The molecule has 22 heavy (non-hydrogen) atoms. The first kappa shape index (κ1) is 16.8. The number of aryl methyl sites for hydroxylation is 1. The van der Waals surface area contributed by atoms with E-state index in [2.05, 4.69) is 10.1 Å². The van der Waals surface area contributed by atoms with E-state index in [1.165, 1.54) is 0 Å².